The highest BCUT2D eigenvalue weighted by Crippen LogP contribution is 2.26. The maximum atomic E-state index is 11.2. The lowest BCUT2D eigenvalue weighted by molar-refractivity contribution is -0.384. The van der Waals surface area contributed by atoms with Crippen LogP contribution >= 0.6 is 11.6 Å². The smallest absolute Gasteiger partial charge is 0.372 e. The summed E-state index contributed by atoms with van der Waals surface area (Å²) < 4.78 is 4.25. The lowest BCUT2D eigenvalue weighted by Gasteiger charge is -1.97. The molecule has 0 aliphatic rings. The molecule has 1 heterocycles. The van der Waals surface area contributed by atoms with Gasteiger partial charge in [0.05, 0.1) is 15.8 Å². The molecule has 8 heteroatoms. The molecule has 0 radical (unpaired) electrons. The third-order valence-electron chi connectivity index (χ3n) is 1.93. The van der Waals surface area contributed by atoms with Crippen molar-refractivity contribution in [2.75, 3.05) is 0 Å². The molecule has 0 atom stereocenters. The van der Waals surface area contributed by atoms with Gasteiger partial charge in [0.2, 0.25) is 0 Å². The third-order valence-corrected chi connectivity index (χ3v) is 2.23. The SMILES string of the molecule is O=c1[nH]c2cc([N+](=O)[O-])c(Cl)cc2c(=O)o1. The molecule has 1 N–H and O–H groups in total. The van der Waals surface area contributed by atoms with Gasteiger partial charge in [-0.25, -0.2) is 9.59 Å². The number of rotatable bonds is 1. The first-order valence-electron chi connectivity index (χ1n) is 4.00. The van der Waals surface area contributed by atoms with Crippen molar-refractivity contribution in [1.29, 1.82) is 0 Å². The normalized spacial score (nSPS) is 10.6. The fourth-order valence-corrected chi connectivity index (χ4v) is 1.48. The van der Waals surface area contributed by atoms with Crippen molar-refractivity contribution in [3.63, 3.8) is 0 Å². The van der Waals surface area contributed by atoms with Crippen LogP contribution in [0.2, 0.25) is 5.02 Å². The standard InChI is InChI=1S/C8H3ClN2O5/c9-4-1-3-5(2-6(4)11(14)15)10-8(13)16-7(3)12/h1-2H,(H,10,13). The molecule has 16 heavy (non-hydrogen) atoms. The van der Waals surface area contributed by atoms with Crippen LogP contribution in [0, 0.1) is 10.1 Å². The van der Waals surface area contributed by atoms with Gasteiger partial charge in [0, 0.05) is 6.07 Å². The van der Waals surface area contributed by atoms with E-state index in [2.05, 4.69) is 9.40 Å². The molecule has 0 amide bonds. The summed E-state index contributed by atoms with van der Waals surface area (Å²) in [5, 5.41) is 10.3. The Morgan fingerprint density at radius 3 is 2.69 bits per heavy atom. The number of benzene rings is 1. The monoisotopic (exact) mass is 242 g/mol. The molecule has 0 unspecified atom stereocenters. The average Bonchev–Trinajstić information content (AvgIpc) is 2.18. The Morgan fingerprint density at radius 2 is 2.06 bits per heavy atom. The van der Waals surface area contributed by atoms with Gasteiger partial charge in [0.1, 0.15) is 5.02 Å². The van der Waals surface area contributed by atoms with Crippen LogP contribution in [0.5, 0.6) is 0 Å². The van der Waals surface area contributed by atoms with Crippen LogP contribution < -0.4 is 11.4 Å². The topological polar surface area (TPSA) is 106 Å². The summed E-state index contributed by atoms with van der Waals surface area (Å²) in [6, 6.07) is 2.09. The predicted octanol–water partition coefficient (Wildman–Crippen LogP) is 1.04. The van der Waals surface area contributed by atoms with Crippen LogP contribution in [-0.2, 0) is 0 Å². The minimum Gasteiger partial charge on any atom is -0.372 e. The zero-order chi connectivity index (χ0) is 11.9. The molecule has 0 spiro atoms. The highest BCUT2D eigenvalue weighted by Gasteiger charge is 2.15. The lowest BCUT2D eigenvalue weighted by Crippen LogP contribution is -2.14. The molecule has 0 saturated carbocycles. The highest BCUT2D eigenvalue weighted by atomic mass is 35.5. The highest BCUT2D eigenvalue weighted by molar-refractivity contribution is 6.33. The van der Waals surface area contributed by atoms with Crippen molar-refractivity contribution >= 4 is 28.2 Å². The van der Waals surface area contributed by atoms with Gasteiger partial charge >= 0.3 is 11.4 Å². The van der Waals surface area contributed by atoms with E-state index in [1.54, 1.807) is 0 Å². The molecule has 7 nitrogen and oxygen atoms in total. The van der Waals surface area contributed by atoms with Gasteiger partial charge in [-0.05, 0) is 6.07 Å². The van der Waals surface area contributed by atoms with Crippen molar-refractivity contribution in [3.8, 4) is 0 Å². The van der Waals surface area contributed by atoms with E-state index in [-0.39, 0.29) is 15.9 Å². The lowest BCUT2D eigenvalue weighted by atomic mass is 10.2. The molecule has 1 aromatic heterocycles. The van der Waals surface area contributed by atoms with Crippen molar-refractivity contribution in [3.05, 3.63) is 48.2 Å². The third kappa shape index (κ3) is 1.57. The Hall–Kier alpha value is -2.15. The fourth-order valence-electron chi connectivity index (χ4n) is 1.25. The summed E-state index contributed by atoms with van der Waals surface area (Å²) in [7, 11) is 0. The van der Waals surface area contributed by atoms with E-state index in [1.165, 1.54) is 0 Å². The Kier molecular flexibility index (Phi) is 2.24. The molecule has 1 aromatic carbocycles. The van der Waals surface area contributed by atoms with Gasteiger partial charge in [-0.3, -0.25) is 15.1 Å². The van der Waals surface area contributed by atoms with Crippen LogP contribution in [0.1, 0.15) is 0 Å². The maximum absolute atomic E-state index is 11.2. The van der Waals surface area contributed by atoms with Gasteiger partial charge in [0.25, 0.3) is 5.69 Å². The molecular weight excluding hydrogens is 240 g/mol. The number of H-pyrrole nitrogens is 1. The van der Waals surface area contributed by atoms with E-state index in [0.717, 1.165) is 12.1 Å². The van der Waals surface area contributed by atoms with Crippen LogP contribution in [0.15, 0.2) is 26.1 Å². The largest absolute Gasteiger partial charge is 0.419 e. The molecule has 0 bridgehead atoms. The van der Waals surface area contributed by atoms with E-state index < -0.39 is 22.0 Å². The minimum atomic E-state index is -0.978. The van der Waals surface area contributed by atoms with Gasteiger partial charge in [-0.15, -0.1) is 0 Å². The summed E-state index contributed by atoms with van der Waals surface area (Å²) in [5.41, 5.74) is -1.27. The number of nitro benzene ring substituents is 1. The predicted molar refractivity (Wildman–Crippen MR) is 54.8 cm³/mol. The number of aromatic amines is 1. The average molecular weight is 243 g/mol. The van der Waals surface area contributed by atoms with Gasteiger partial charge in [-0.1, -0.05) is 11.6 Å². The second-order valence-electron chi connectivity index (χ2n) is 2.91. The van der Waals surface area contributed by atoms with Gasteiger partial charge < -0.3 is 4.42 Å². The van der Waals surface area contributed by atoms with Crippen LogP contribution in [0.3, 0.4) is 0 Å². The molecule has 0 saturated heterocycles. The Morgan fingerprint density at radius 1 is 1.38 bits per heavy atom. The molecular formula is C8H3ClN2O5. The number of fused-ring (bicyclic) bond motifs is 1. The summed E-state index contributed by atoms with van der Waals surface area (Å²) in [4.78, 5) is 34.1. The first-order chi connectivity index (χ1) is 7.49. The quantitative estimate of drug-likeness (QED) is 0.594. The number of hydrogen-bond donors (Lipinski definition) is 1. The van der Waals surface area contributed by atoms with Crippen molar-refractivity contribution in [2.24, 2.45) is 0 Å². The number of aromatic nitrogens is 1. The Labute approximate surface area is 91.4 Å². The van der Waals surface area contributed by atoms with Crippen LogP contribution in [0.25, 0.3) is 10.9 Å². The Balaban J connectivity index is 2.95. The van der Waals surface area contributed by atoms with Crippen molar-refractivity contribution in [2.45, 2.75) is 0 Å². The van der Waals surface area contributed by atoms with E-state index in [0.29, 0.717) is 0 Å². The summed E-state index contributed by atoms with van der Waals surface area (Å²) in [6.07, 6.45) is 0. The molecule has 0 fully saturated rings. The number of hydrogen-bond acceptors (Lipinski definition) is 5. The summed E-state index contributed by atoms with van der Waals surface area (Å²) >= 11 is 5.60. The number of halogens is 1. The van der Waals surface area contributed by atoms with Crippen LogP contribution in [-0.4, -0.2) is 9.91 Å². The fraction of sp³-hybridized carbons (Fsp3) is 0. The first kappa shape index (κ1) is 10.4. The number of nitrogens with zero attached hydrogens (tertiary/aromatic N) is 1. The molecule has 2 aromatic rings. The van der Waals surface area contributed by atoms with Crippen LogP contribution in [0.4, 0.5) is 5.69 Å². The first-order valence-corrected chi connectivity index (χ1v) is 4.38. The molecule has 2 rings (SSSR count). The van der Waals surface area contributed by atoms with Gasteiger partial charge in [-0.2, -0.15) is 0 Å². The minimum absolute atomic E-state index is 0.0114. The Bertz CT molecular complexity index is 702. The summed E-state index contributed by atoms with van der Waals surface area (Å²) in [5.74, 6) is -0.978. The molecule has 0 aliphatic heterocycles. The number of nitrogens with one attached hydrogen (secondary N) is 1. The molecule has 82 valence electrons. The van der Waals surface area contributed by atoms with Crippen molar-refractivity contribution < 1.29 is 9.34 Å². The summed E-state index contributed by atoms with van der Waals surface area (Å²) in [6.45, 7) is 0. The second-order valence-corrected chi connectivity index (χ2v) is 3.32. The van der Waals surface area contributed by atoms with Crippen molar-refractivity contribution in [1.82, 2.24) is 4.98 Å². The van der Waals surface area contributed by atoms with E-state index in [4.69, 9.17) is 11.6 Å². The molecule has 0 aliphatic carbocycles. The zero-order valence-electron chi connectivity index (χ0n) is 7.52. The van der Waals surface area contributed by atoms with Gasteiger partial charge in [0.15, 0.2) is 0 Å². The second kappa shape index (κ2) is 3.46. The van der Waals surface area contributed by atoms with E-state index >= 15 is 0 Å². The van der Waals surface area contributed by atoms with E-state index in [9.17, 15) is 19.7 Å². The zero-order valence-corrected chi connectivity index (χ0v) is 8.28. The number of nitro groups is 1. The van der Waals surface area contributed by atoms with E-state index in [1.807, 2.05) is 0 Å². The maximum Gasteiger partial charge on any atom is 0.419 e.